The van der Waals surface area contributed by atoms with Crippen molar-refractivity contribution < 1.29 is 9.90 Å². The van der Waals surface area contributed by atoms with Crippen molar-refractivity contribution in [3.05, 3.63) is 30.1 Å². The second-order valence-electron chi connectivity index (χ2n) is 5.18. The largest absolute Gasteiger partial charge is 0.481 e. The van der Waals surface area contributed by atoms with E-state index >= 15 is 0 Å². The van der Waals surface area contributed by atoms with Crippen molar-refractivity contribution in [3.63, 3.8) is 0 Å². The van der Waals surface area contributed by atoms with E-state index in [2.05, 4.69) is 27.4 Å². The molecule has 1 aliphatic heterocycles. The number of aryl methyl sites for hydroxylation is 1. The lowest BCUT2D eigenvalue weighted by molar-refractivity contribution is -0.148. The first-order chi connectivity index (χ1) is 9.08. The first kappa shape index (κ1) is 12.2. The smallest absolute Gasteiger partial charge is 0.309 e. The Hall–Kier alpha value is -1.88. The lowest BCUT2D eigenvalue weighted by Gasteiger charge is -2.40. The van der Waals surface area contributed by atoms with Crippen LogP contribution in [0.2, 0.25) is 0 Å². The maximum atomic E-state index is 10.8. The number of imidazole rings is 1. The Balaban J connectivity index is 1.85. The minimum atomic E-state index is -0.701. The van der Waals surface area contributed by atoms with Gasteiger partial charge in [0.2, 0.25) is 0 Å². The summed E-state index contributed by atoms with van der Waals surface area (Å²) >= 11 is 0. The van der Waals surface area contributed by atoms with Crippen LogP contribution in [0.5, 0.6) is 0 Å². The molecule has 0 radical (unpaired) electrons. The van der Waals surface area contributed by atoms with Crippen LogP contribution in [0.3, 0.4) is 0 Å². The van der Waals surface area contributed by atoms with Gasteiger partial charge in [-0.15, -0.1) is 0 Å². The zero-order chi connectivity index (χ0) is 13.6. The Morgan fingerprint density at radius 2 is 2.11 bits per heavy atom. The van der Waals surface area contributed by atoms with Gasteiger partial charge in [0.05, 0.1) is 23.0 Å². The fourth-order valence-electron chi connectivity index (χ4n) is 2.69. The zero-order valence-electron chi connectivity index (χ0n) is 11.1. The van der Waals surface area contributed by atoms with E-state index in [0.717, 1.165) is 16.9 Å². The third-order valence-corrected chi connectivity index (χ3v) is 4.00. The van der Waals surface area contributed by atoms with E-state index in [9.17, 15) is 4.79 Å². The summed E-state index contributed by atoms with van der Waals surface area (Å²) in [6, 6.07) is 8.18. The van der Waals surface area contributed by atoms with Crippen molar-refractivity contribution in [1.82, 2.24) is 14.5 Å². The molecule has 5 heteroatoms. The minimum absolute atomic E-state index is 0.146. The normalized spacial score (nSPS) is 18.4. The summed E-state index contributed by atoms with van der Waals surface area (Å²) in [5, 5.41) is 8.92. The van der Waals surface area contributed by atoms with Crippen LogP contribution in [0.4, 0.5) is 0 Å². The maximum Gasteiger partial charge on any atom is 0.309 e. The average molecular weight is 259 g/mol. The van der Waals surface area contributed by atoms with Gasteiger partial charge in [-0.25, -0.2) is 4.98 Å². The molecular weight excluding hydrogens is 242 g/mol. The highest BCUT2D eigenvalue weighted by molar-refractivity contribution is 5.76. The highest BCUT2D eigenvalue weighted by Gasteiger charge is 2.36. The number of hydrogen-bond donors (Lipinski definition) is 1. The van der Waals surface area contributed by atoms with Crippen LogP contribution < -0.4 is 0 Å². The van der Waals surface area contributed by atoms with Crippen LogP contribution in [0.1, 0.15) is 18.8 Å². The monoisotopic (exact) mass is 259 g/mol. The third-order valence-electron chi connectivity index (χ3n) is 4.00. The van der Waals surface area contributed by atoms with Crippen LogP contribution >= 0.6 is 0 Å². The number of benzene rings is 1. The molecule has 1 aliphatic rings. The number of nitrogens with zero attached hydrogens (tertiary/aromatic N) is 3. The number of aromatic nitrogens is 2. The predicted octanol–water partition coefficient (Wildman–Crippen LogP) is 1.65. The van der Waals surface area contributed by atoms with Crippen molar-refractivity contribution in [3.8, 4) is 0 Å². The second kappa shape index (κ2) is 4.35. The molecule has 0 saturated carbocycles. The number of rotatable bonds is 3. The van der Waals surface area contributed by atoms with Gasteiger partial charge < -0.3 is 9.67 Å². The molecule has 100 valence electrons. The number of hydrogen-bond acceptors (Lipinski definition) is 3. The Morgan fingerprint density at radius 3 is 2.74 bits per heavy atom. The van der Waals surface area contributed by atoms with Crippen molar-refractivity contribution in [1.29, 1.82) is 0 Å². The Morgan fingerprint density at radius 1 is 1.42 bits per heavy atom. The lowest BCUT2D eigenvalue weighted by atomic mass is 9.98. The predicted molar refractivity (Wildman–Crippen MR) is 71.8 cm³/mol. The molecule has 2 heterocycles. The molecule has 1 fully saturated rings. The molecule has 0 aliphatic carbocycles. The van der Waals surface area contributed by atoms with E-state index in [1.807, 2.05) is 25.2 Å². The fourth-order valence-corrected chi connectivity index (χ4v) is 2.69. The summed E-state index contributed by atoms with van der Waals surface area (Å²) in [7, 11) is 2.01. The summed E-state index contributed by atoms with van der Waals surface area (Å²) in [5.74, 6) is 0.0654. The van der Waals surface area contributed by atoms with E-state index in [1.54, 1.807) is 0 Å². The number of carboxylic acid groups (broad SMARTS) is 1. The second-order valence-corrected chi connectivity index (χ2v) is 5.18. The van der Waals surface area contributed by atoms with Crippen LogP contribution in [-0.4, -0.2) is 38.6 Å². The standard InChI is InChI=1S/C14H17N3O2/c1-9(17-7-10(8-17)14(18)19)13-15-11-5-3-4-6-12(11)16(13)2/h3-6,9-10H,7-8H2,1-2H3,(H,18,19). The van der Waals surface area contributed by atoms with Crippen LogP contribution in [0, 0.1) is 5.92 Å². The minimum Gasteiger partial charge on any atom is -0.481 e. The summed E-state index contributed by atoms with van der Waals surface area (Å²) < 4.78 is 2.09. The van der Waals surface area contributed by atoms with Gasteiger partial charge in [0.1, 0.15) is 5.82 Å². The van der Waals surface area contributed by atoms with Gasteiger partial charge in [-0.1, -0.05) is 12.1 Å². The van der Waals surface area contributed by atoms with Crippen molar-refractivity contribution in [2.45, 2.75) is 13.0 Å². The number of aliphatic carboxylic acids is 1. The van der Waals surface area contributed by atoms with Gasteiger partial charge >= 0.3 is 5.97 Å². The molecule has 1 saturated heterocycles. The summed E-state index contributed by atoms with van der Waals surface area (Å²) in [6.07, 6.45) is 0. The van der Waals surface area contributed by atoms with Gasteiger partial charge in [0.25, 0.3) is 0 Å². The van der Waals surface area contributed by atoms with Gasteiger partial charge in [0.15, 0.2) is 0 Å². The van der Waals surface area contributed by atoms with Crippen LogP contribution in [-0.2, 0) is 11.8 Å². The van der Waals surface area contributed by atoms with Crippen molar-refractivity contribution in [2.24, 2.45) is 13.0 Å². The van der Waals surface area contributed by atoms with E-state index in [1.165, 1.54) is 0 Å². The van der Waals surface area contributed by atoms with Crippen LogP contribution in [0.25, 0.3) is 11.0 Å². The molecule has 0 spiro atoms. The first-order valence-corrected chi connectivity index (χ1v) is 6.46. The SMILES string of the molecule is CC(c1nc2ccccc2n1C)N1CC(C(=O)O)C1. The fraction of sp³-hybridized carbons (Fsp3) is 0.429. The zero-order valence-corrected chi connectivity index (χ0v) is 11.1. The molecule has 1 atom stereocenters. The Bertz CT molecular complexity index is 629. The maximum absolute atomic E-state index is 10.8. The average Bonchev–Trinajstić information content (AvgIpc) is 2.65. The summed E-state index contributed by atoms with van der Waals surface area (Å²) in [4.78, 5) is 17.7. The van der Waals surface area contributed by atoms with Gasteiger partial charge in [-0.05, 0) is 19.1 Å². The first-order valence-electron chi connectivity index (χ1n) is 6.46. The quantitative estimate of drug-likeness (QED) is 0.910. The molecule has 0 amide bonds. The summed E-state index contributed by atoms with van der Waals surface area (Å²) in [6.45, 7) is 3.30. The molecule has 1 aromatic carbocycles. The number of fused-ring (bicyclic) bond motifs is 1. The van der Waals surface area contributed by atoms with Crippen LogP contribution in [0.15, 0.2) is 24.3 Å². The molecule has 19 heavy (non-hydrogen) atoms. The highest BCUT2D eigenvalue weighted by atomic mass is 16.4. The topological polar surface area (TPSA) is 58.4 Å². The van der Waals surface area contributed by atoms with Gasteiger partial charge in [0, 0.05) is 20.1 Å². The van der Waals surface area contributed by atoms with Crippen molar-refractivity contribution in [2.75, 3.05) is 13.1 Å². The van der Waals surface area contributed by atoms with E-state index in [0.29, 0.717) is 13.1 Å². The van der Waals surface area contributed by atoms with Crippen molar-refractivity contribution >= 4 is 17.0 Å². The number of likely N-dealkylation sites (tertiary alicyclic amines) is 1. The molecule has 1 aromatic heterocycles. The van der Waals surface area contributed by atoms with Gasteiger partial charge in [-0.3, -0.25) is 9.69 Å². The molecule has 1 unspecified atom stereocenters. The molecule has 5 nitrogen and oxygen atoms in total. The summed E-state index contributed by atoms with van der Waals surface area (Å²) in [5.41, 5.74) is 2.10. The van der Waals surface area contributed by atoms with E-state index in [-0.39, 0.29) is 12.0 Å². The number of carboxylic acids is 1. The number of para-hydroxylation sites is 2. The number of carbonyl (C=O) groups is 1. The Labute approximate surface area is 111 Å². The van der Waals surface area contributed by atoms with E-state index < -0.39 is 5.97 Å². The lowest BCUT2D eigenvalue weighted by Crippen LogP contribution is -2.51. The molecule has 3 rings (SSSR count). The van der Waals surface area contributed by atoms with E-state index in [4.69, 9.17) is 5.11 Å². The Kier molecular flexibility index (Phi) is 2.78. The molecule has 2 aromatic rings. The van der Waals surface area contributed by atoms with Gasteiger partial charge in [-0.2, -0.15) is 0 Å². The molecule has 0 bridgehead atoms. The third kappa shape index (κ3) is 1.90. The molecule has 1 N–H and O–H groups in total. The molecular formula is C14H17N3O2. The highest BCUT2D eigenvalue weighted by Crippen LogP contribution is 2.29.